The molecule has 3 aliphatic heterocycles. The molecule has 5 heterocycles. The van der Waals surface area contributed by atoms with Crippen LogP contribution in [0.15, 0.2) is 49.2 Å². The number of aromatic nitrogens is 3. The van der Waals surface area contributed by atoms with Gasteiger partial charge in [0.25, 0.3) is 5.91 Å². The number of nitriles is 1. The Balaban J connectivity index is 1.31. The first-order valence-corrected chi connectivity index (χ1v) is 14.4. The van der Waals surface area contributed by atoms with Crippen LogP contribution in [-0.4, -0.2) is 86.5 Å². The summed E-state index contributed by atoms with van der Waals surface area (Å²) in [5.74, 6) is 0.372. The highest BCUT2D eigenvalue weighted by atomic mass is 16.5. The lowest BCUT2D eigenvalue weighted by Crippen LogP contribution is -2.55. The van der Waals surface area contributed by atoms with Crippen molar-refractivity contribution in [3.05, 3.63) is 66.0 Å². The molecule has 11 nitrogen and oxygen atoms in total. The highest BCUT2D eigenvalue weighted by Gasteiger charge is 2.36. The summed E-state index contributed by atoms with van der Waals surface area (Å²) in [6.45, 7) is 9.22. The summed E-state index contributed by atoms with van der Waals surface area (Å²) in [4.78, 5) is 48.3. The fourth-order valence-corrected chi connectivity index (χ4v) is 6.19. The summed E-state index contributed by atoms with van der Waals surface area (Å²) in [6.07, 6.45) is 5.45. The summed E-state index contributed by atoms with van der Waals surface area (Å²) in [5.41, 5.74) is 2.81. The van der Waals surface area contributed by atoms with Gasteiger partial charge >= 0.3 is 6.01 Å². The van der Waals surface area contributed by atoms with E-state index >= 15 is 0 Å². The third-order valence-electron chi connectivity index (χ3n) is 8.51. The molecular formula is C31H34N8O3. The van der Waals surface area contributed by atoms with Crippen molar-refractivity contribution < 1.29 is 14.3 Å². The average molecular weight is 567 g/mol. The maximum absolute atomic E-state index is 13.8. The number of rotatable bonds is 7. The van der Waals surface area contributed by atoms with Crippen molar-refractivity contribution in [2.45, 2.75) is 51.4 Å². The molecule has 1 aromatic carbocycles. The third-order valence-corrected chi connectivity index (χ3v) is 8.51. The van der Waals surface area contributed by atoms with E-state index in [2.05, 4.69) is 34.4 Å². The number of amides is 2. The van der Waals surface area contributed by atoms with Crippen LogP contribution in [0.5, 0.6) is 6.01 Å². The zero-order valence-electron chi connectivity index (χ0n) is 23.8. The number of pyridine rings is 1. The molecule has 2 amide bonds. The van der Waals surface area contributed by atoms with Crippen LogP contribution < -0.4 is 9.64 Å². The molecule has 11 heteroatoms. The van der Waals surface area contributed by atoms with Crippen LogP contribution >= 0.6 is 0 Å². The van der Waals surface area contributed by atoms with Gasteiger partial charge in [-0.3, -0.25) is 19.5 Å². The van der Waals surface area contributed by atoms with Gasteiger partial charge in [-0.15, -0.1) is 0 Å². The van der Waals surface area contributed by atoms with E-state index in [4.69, 9.17) is 14.7 Å². The first kappa shape index (κ1) is 27.6. The Morgan fingerprint density at radius 3 is 2.81 bits per heavy atom. The van der Waals surface area contributed by atoms with Crippen LogP contribution in [0.3, 0.4) is 0 Å². The molecule has 2 atom stereocenters. The van der Waals surface area contributed by atoms with Gasteiger partial charge in [-0.25, -0.2) is 0 Å². The molecule has 2 fully saturated rings. The number of hydrogen-bond acceptors (Lipinski definition) is 9. The van der Waals surface area contributed by atoms with Gasteiger partial charge in [0.05, 0.1) is 48.4 Å². The highest BCUT2D eigenvalue weighted by Crippen LogP contribution is 2.34. The summed E-state index contributed by atoms with van der Waals surface area (Å²) >= 11 is 0. The molecular weight excluding hydrogens is 532 g/mol. The summed E-state index contributed by atoms with van der Waals surface area (Å²) < 4.78 is 6.14. The average Bonchev–Trinajstić information content (AvgIpc) is 3.64. The smallest absolute Gasteiger partial charge is 0.320 e. The quantitative estimate of drug-likeness (QED) is 0.398. The number of likely N-dealkylation sites (tertiary alicyclic amines) is 1. The standard InChI is InChI=1S/C31H34N8O3/c1-3-27(40)39-16-15-36(17-23(39)11-12-32)29-25-18-38(30(41)24-10-4-8-22-9-5-13-33-28(22)24)19-26(25)34-31(35-29)42-20-37-14-6-7-21(37)2/h3-5,8-10,13,21,23H,1,6-7,11,14-20H2,2H3/t21?,23-/m0/s1. The third kappa shape index (κ3) is 5.25. The SMILES string of the molecule is C=CC(=O)N1CCN(c2nc(OCN3CCCC3C)nc3c2CN(C(=O)c2cccc4cccnc24)C3)C[C@@H]1CC#N. The summed E-state index contributed by atoms with van der Waals surface area (Å²) in [6, 6.07) is 12.0. The van der Waals surface area contributed by atoms with Crippen LogP contribution in [0.25, 0.3) is 10.9 Å². The Hall–Kier alpha value is -4.56. The second-order valence-corrected chi connectivity index (χ2v) is 11.1. The number of benzene rings is 1. The Morgan fingerprint density at radius 2 is 2.02 bits per heavy atom. The second-order valence-electron chi connectivity index (χ2n) is 11.1. The number of carbonyl (C=O) groups excluding carboxylic acids is 2. The molecule has 0 bridgehead atoms. The maximum Gasteiger partial charge on any atom is 0.320 e. The van der Waals surface area contributed by atoms with Crippen molar-refractivity contribution in [2.24, 2.45) is 0 Å². The minimum atomic E-state index is -0.310. The zero-order chi connectivity index (χ0) is 29.2. The van der Waals surface area contributed by atoms with E-state index in [1.165, 1.54) is 6.08 Å². The molecule has 0 saturated carbocycles. The van der Waals surface area contributed by atoms with E-state index in [0.29, 0.717) is 62.4 Å². The largest absolute Gasteiger partial charge is 0.447 e. The highest BCUT2D eigenvalue weighted by molar-refractivity contribution is 6.05. The molecule has 2 saturated heterocycles. The van der Waals surface area contributed by atoms with Gasteiger partial charge in [0.1, 0.15) is 12.5 Å². The predicted molar refractivity (Wildman–Crippen MR) is 156 cm³/mol. The first-order chi connectivity index (χ1) is 20.5. The van der Waals surface area contributed by atoms with Gasteiger partial charge < -0.3 is 19.4 Å². The molecule has 2 aromatic heterocycles. The first-order valence-electron chi connectivity index (χ1n) is 14.4. The molecule has 0 spiro atoms. The van der Waals surface area contributed by atoms with Crippen molar-refractivity contribution in [3.8, 4) is 12.1 Å². The van der Waals surface area contributed by atoms with E-state index in [9.17, 15) is 14.9 Å². The topological polar surface area (TPSA) is 119 Å². The van der Waals surface area contributed by atoms with Crippen molar-refractivity contribution >= 4 is 28.5 Å². The van der Waals surface area contributed by atoms with E-state index < -0.39 is 0 Å². The Bertz CT molecular complexity index is 1560. The number of nitrogens with zero attached hydrogens (tertiary/aromatic N) is 8. The van der Waals surface area contributed by atoms with Crippen LogP contribution in [-0.2, 0) is 17.9 Å². The zero-order valence-corrected chi connectivity index (χ0v) is 23.8. The number of carbonyl (C=O) groups is 2. The normalized spacial score (nSPS) is 20.4. The van der Waals surface area contributed by atoms with E-state index in [-0.39, 0.29) is 30.3 Å². The Morgan fingerprint density at radius 1 is 1.17 bits per heavy atom. The summed E-state index contributed by atoms with van der Waals surface area (Å²) in [7, 11) is 0. The van der Waals surface area contributed by atoms with E-state index in [1.54, 1.807) is 22.1 Å². The van der Waals surface area contributed by atoms with Crippen molar-refractivity contribution in [2.75, 3.05) is 37.8 Å². The minimum Gasteiger partial charge on any atom is -0.447 e. The van der Waals surface area contributed by atoms with Crippen molar-refractivity contribution in [3.63, 3.8) is 0 Å². The van der Waals surface area contributed by atoms with Crippen molar-refractivity contribution in [1.29, 1.82) is 5.26 Å². The number of para-hydroxylation sites is 1. The molecule has 0 N–H and O–H groups in total. The number of anilines is 1. The van der Waals surface area contributed by atoms with Gasteiger partial charge in [0.2, 0.25) is 5.91 Å². The minimum absolute atomic E-state index is 0.125. The molecule has 216 valence electrons. The monoisotopic (exact) mass is 566 g/mol. The number of fused-ring (bicyclic) bond motifs is 2. The number of hydrogen-bond donors (Lipinski definition) is 0. The Kier molecular flexibility index (Phi) is 7.71. The van der Waals surface area contributed by atoms with Crippen LogP contribution in [0.4, 0.5) is 5.82 Å². The summed E-state index contributed by atoms with van der Waals surface area (Å²) in [5, 5.41) is 10.4. The van der Waals surface area contributed by atoms with Crippen molar-refractivity contribution in [1.82, 2.24) is 29.7 Å². The lowest BCUT2D eigenvalue weighted by atomic mass is 10.1. The van der Waals surface area contributed by atoms with Gasteiger partial charge in [-0.1, -0.05) is 24.8 Å². The molecule has 0 radical (unpaired) electrons. The maximum atomic E-state index is 13.8. The molecule has 0 aliphatic carbocycles. The van der Waals surface area contributed by atoms with E-state index in [1.807, 2.05) is 24.3 Å². The number of ether oxygens (including phenoxy) is 1. The molecule has 1 unspecified atom stereocenters. The lowest BCUT2D eigenvalue weighted by Gasteiger charge is -2.41. The molecule has 3 aliphatic rings. The van der Waals surface area contributed by atoms with Crippen LogP contribution in [0.1, 0.15) is 47.8 Å². The van der Waals surface area contributed by atoms with Gasteiger partial charge in [-0.05, 0) is 38.0 Å². The molecule has 42 heavy (non-hydrogen) atoms. The lowest BCUT2D eigenvalue weighted by molar-refractivity contribution is -0.128. The Labute approximate surface area is 245 Å². The van der Waals surface area contributed by atoms with Crippen LogP contribution in [0, 0.1) is 11.3 Å². The van der Waals surface area contributed by atoms with E-state index in [0.717, 1.165) is 36.0 Å². The fourth-order valence-electron chi connectivity index (χ4n) is 6.19. The van der Waals surface area contributed by atoms with Crippen LogP contribution in [0.2, 0.25) is 0 Å². The van der Waals surface area contributed by atoms with Gasteiger partial charge in [-0.2, -0.15) is 15.2 Å². The predicted octanol–water partition coefficient (Wildman–Crippen LogP) is 3.12. The van der Waals surface area contributed by atoms with Gasteiger partial charge in [0.15, 0.2) is 0 Å². The fraction of sp³-hybridized carbons (Fsp3) is 0.419. The van der Waals surface area contributed by atoms with Gasteiger partial charge in [0, 0.05) is 49.4 Å². The molecule has 3 aromatic rings. The molecule has 6 rings (SSSR count). The second kappa shape index (κ2) is 11.7. The number of piperazine rings is 1.